The van der Waals surface area contributed by atoms with Crippen molar-refractivity contribution in [3.05, 3.63) is 46.2 Å². The lowest BCUT2D eigenvalue weighted by molar-refractivity contribution is 0.0779. The first kappa shape index (κ1) is 22.4. The summed E-state index contributed by atoms with van der Waals surface area (Å²) >= 11 is 0. The molecular weight excluding hydrogens is 428 g/mol. The van der Waals surface area contributed by atoms with Crippen molar-refractivity contribution in [2.45, 2.75) is 69.5 Å². The third-order valence-electron chi connectivity index (χ3n) is 6.41. The number of nitrogens with one attached hydrogen (secondary N) is 3. The Balaban J connectivity index is 1.62. The van der Waals surface area contributed by atoms with E-state index in [0.29, 0.717) is 22.7 Å². The van der Waals surface area contributed by atoms with Crippen LogP contribution in [0.1, 0.15) is 73.8 Å². The fraction of sp³-hybridized carbons (Fsp3) is 0.478. The van der Waals surface area contributed by atoms with E-state index in [2.05, 4.69) is 23.0 Å². The van der Waals surface area contributed by atoms with Crippen molar-refractivity contribution in [1.29, 1.82) is 10.0 Å². The van der Waals surface area contributed by atoms with Gasteiger partial charge in [0.25, 0.3) is 0 Å². The number of carbonyl (C=O) groups is 1. The summed E-state index contributed by atoms with van der Waals surface area (Å²) < 4.78 is 28.5. The van der Waals surface area contributed by atoms with E-state index in [1.807, 2.05) is 6.07 Å². The highest BCUT2D eigenvalue weighted by Gasteiger charge is 2.33. The zero-order valence-corrected chi connectivity index (χ0v) is 19.3. The number of anilines is 1. The second-order valence-electron chi connectivity index (χ2n) is 9.26. The number of furan rings is 1. The lowest BCUT2D eigenvalue weighted by Crippen LogP contribution is -2.34. The average molecular weight is 457 g/mol. The highest BCUT2D eigenvalue weighted by molar-refractivity contribution is 7.91. The minimum Gasteiger partial charge on any atom is -0.452 e. The topological polar surface area (TPSA) is 139 Å². The Bertz CT molecular complexity index is 1210. The summed E-state index contributed by atoms with van der Waals surface area (Å²) in [5, 5.41) is 22.3. The van der Waals surface area contributed by atoms with Crippen LogP contribution in [-0.2, 0) is 28.4 Å². The van der Waals surface area contributed by atoms with Crippen molar-refractivity contribution in [1.82, 2.24) is 4.72 Å². The second-order valence-corrected chi connectivity index (χ2v) is 11.0. The molecule has 4 rings (SSSR count). The number of nitrogens with zero attached hydrogens (tertiary/aromatic N) is 1. The van der Waals surface area contributed by atoms with E-state index in [9.17, 15) is 19.4 Å². The number of urea groups is 1. The quantitative estimate of drug-likeness (QED) is 0.506. The van der Waals surface area contributed by atoms with Crippen LogP contribution in [0.3, 0.4) is 0 Å². The summed E-state index contributed by atoms with van der Waals surface area (Å²) in [7, 11) is -3.78. The zero-order valence-electron chi connectivity index (χ0n) is 18.4. The van der Waals surface area contributed by atoms with E-state index in [1.54, 1.807) is 13.8 Å². The van der Waals surface area contributed by atoms with Gasteiger partial charge in [-0.1, -0.05) is 6.92 Å². The van der Waals surface area contributed by atoms with Crippen LogP contribution < -0.4 is 10.0 Å². The van der Waals surface area contributed by atoms with Gasteiger partial charge in [-0.25, -0.2) is 18.5 Å². The van der Waals surface area contributed by atoms with Crippen molar-refractivity contribution < 1.29 is 18.5 Å². The normalized spacial score (nSPS) is 18.3. The summed E-state index contributed by atoms with van der Waals surface area (Å²) in [6.45, 7) is 5.19. The van der Waals surface area contributed by atoms with E-state index in [1.165, 1.54) is 12.3 Å². The smallest absolute Gasteiger partial charge is 0.332 e. The van der Waals surface area contributed by atoms with Crippen LogP contribution in [0.2, 0.25) is 0 Å². The van der Waals surface area contributed by atoms with Gasteiger partial charge in [-0.2, -0.15) is 5.26 Å². The first-order valence-corrected chi connectivity index (χ1v) is 12.3. The van der Waals surface area contributed by atoms with Gasteiger partial charge in [0.1, 0.15) is 0 Å². The molecular formula is C23H28N4O4S. The molecule has 0 saturated heterocycles. The van der Waals surface area contributed by atoms with E-state index < -0.39 is 21.5 Å². The first-order valence-electron chi connectivity index (χ1n) is 10.8. The second kappa shape index (κ2) is 7.94. The lowest BCUT2D eigenvalue weighted by atomic mass is 9.88. The van der Waals surface area contributed by atoms with Gasteiger partial charge >= 0.3 is 6.03 Å². The van der Waals surface area contributed by atoms with Crippen molar-refractivity contribution >= 4 is 21.6 Å². The Morgan fingerprint density at radius 2 is 2.03 bits per heavy atom. The molecule has 4 N–H and O–H groups in total. The van der Waals surface area contributed by atoms with Crippen LogP contribution in [0, 0.1) is 22.0 Å². The van der Waals surface area contributed by atoms with Gasteiger partial charge in [0.15, 0.2) is 9.92 Å². The number of nitriles is 1. The van der Waals surface area contributed by atoms with Crippen LogP contribution in [-0.4, -0.2) is 15.3 Å². The predicted octanol–water partition coefficient (Wildman–Crippen LogP) is 4.52. The molecule has 1 aromatic carbocycles. The maximum Gasteiger partial charge on any atom is 0.332 e. The highest BCUT2D eigenvalue weighted by atomic mass is 32.2. The minimum absolute atomic E-state index is 0.183. The average Bonchev–Trinajstić information content (AvgIpc) is 3.21. The van der Waals surface area contributed by atoms with E-state index >= 15 is 0 Å². The standard InChI is InChI=1S/C23H28N4O4S/c1-13(14-7-8-14)19-9-15(11-24)17-5-4-6-18(17)21(19)26-22(28)27-32(25,30)20-10-16(12-31-20)23(2,3)29/h9-10,12-14,29H,4-8H2,1-3H3,(H3,25,26,27,28,30)/t13-,32?/m0/s1. The molecule has 170 valence electrons. The van der Waals surface area contributed by atoms with E-state index in [-0.39, 0.29) is 11.0 Å². The van der Waals surface area contributed by atoms with Crippen molar-refractivity contribution in [3.8, 4) is 6.07 Å². The molecule has 32 heavy (non-hydrogen) atoms. The Morgan fingerprint density at radius 3 is 2.62 bits per heavy atom. The molecule has 1 saturated carbocycles. The fourth-order valence-electron chi connectivity index (χ4n) is 4.37. The number of hydrogen-bond donors (Lipinski definition) is 4. The molecule has 2 atom stereocenters. The molecule has 2 aliphatic rings. The van der Waals surface area contributed by atoms with Gasteiger partial charge in [0.2, 0.25) is 5.09 Å². The zero-order chi connectivity index (χ0) is 23.3. The summed E-state index contributed by atoms with van der Waals surface area (Å²) in [6.07, 6.45) is 5.92. The molecule has 1 unspecified atom stereocenters. The lowest BCUT2D eigenvalue weighted by Gasteiger charge is -2.21. The van der Waals surface area contributed by atoms with Crippen LogP contribution in [0.4, 0.5) is 10.5 Å². The summed E-state index contributed by atoms with van der Waals surface area (Å²) in [4.78, 5) is 12.8. The molecule has 0 bridgehead atoms. The summed E-state index contributed by atoms with van der Waals surface area (Å²) in [5.41, 5.74) is 3.29. The van der Waals surface area contributed by atoms with Gasteiger partial charge in [0.05, 0.1) is 23.5 Å². The number of amides is 2. The fourth-order valence-corrected chi connectivity index (χ4v) is 5.26. The van der Waals surface area contributed by atoms with Crippen LogP contribution in [0.25, 0.3) is 0 Å². The number of aliphatic hydroxyl groups is 1. The molecule has 1 aromatic heterocycles. The molecule has 1 heterocycles. The number of hydrogen-bond acceptors (Lipinski definition) is 6. The van der Waals surface area contributed by atoms with E-state index in [0.717, 1.165) is 48.8 Å². The molecule has 0 spiro atoms. The van der Waals surface area contributed by atoms with Gasteiger partial charge in [0, 0.05) is 17.3 Å². The van der Waals surface area contributed by atoms with Gasteiger partial charge in [-0.05, 0) is 80.5 Å². The van der Waals surface area contributed by atoms with Crippen LogP contribution >= 0.6 is 0 Å². The van der Waals surface area contributed by atoms with Crippen molar-refractivity contribution in [2.75, 3.05) is 5.32 Å². The molecule has 2 aliphatic carbocycles. The highest BCUT2D eigenvalue weighted by Crippen LogP contribution is 2.47. The maximum atomic E-state index is 12.9. The Labute approximate surface area is 188 Å². The molecule has 2 aromatic rings. The van der Waals surface area contributed by atoms with Crippen molar-refractivity contribution in [3.63, 3.8) is 0 Å². The number of carbonyl (C=O) groups excluding carboxylic acids is 1. The van der Waals surface area contributed by atoms with Gasteiger partial charge < -0.3 is 14.8 Å². The Kier molecular flexibility index (Phi) is 5.55. The molecule has 8 nitrogen and oxygen atoms in total. The van der Waals surface area contributed by atoms with Crippen molar-refractivity contribution in [2.24, 2.45) is 5.92 Å². The first-order chi connectivity index (χ1) is 15.0. The van der Waals surface area contributed by atoms with Crippen LogP contribution in [0.5, 0.6) is 0 Å². The predicted molar refractivity (Wildman–Crippen MR) is 120 cm³/mol. The third-order valence-corrected chi connectivity index (χ3v) is 7.67. The summed E-state index contributed by atoms with van der Waals surface area (Å²) in [6, 6.07) is 4.72. The largest absolute Gasteiger partial charge is 0.452 e. The monoisotopic (exact) mass is 456 g/mol. The number of rotatable bonds is 6. The van der Waals surface area contributed by atoms with Gasteiger partial charge in [-0.3, -0.25) is 0 Å². The molecule has 2 amide bonds. The molecule has 0 aliphatic heterocycles. The Morgan fingerprint density at radius 1 is 1.34 bits per heavy atom. The third kappa shape index (κ3) is 4.25. The minimum atomic E-state index is -3.78. The maximum absolute atomic E-state index is 12.9. The number of benzene rings is 1. The number of fused-ring (bicyclic) bond motifs is 1. The molecule has 0 radical (unpaired) electrons. The SMILES string of the molecule is C[C@H](c1cc(C#N)c2c(c1NC(=O)NS(=N)(=O)c1cc(C(C)(C)O)co1)CCC2)C1CC1. The molecule has 9 heteroatoms. The summed E-state index contributed by atoms with van der Waals surface area (Å²) in [5.74, 6) is 0.705. The van der Waals surface area contributed by atoms with Gasteiger partial charge in [-0.15, -0.1) is 0 Å². The van der Waals surface area contributed by atoms with Crippen LogP contribution in [0.15, 0.2) is 27.9 Å². The Hall–Kier alpha value is -2.83. The molecule has 1 fully saturated rings. The van der Waals surface area contributed by atoms with E-state index in [4.69, 9.17) is 9.20 Å².